The van der Waals surface area contributed by atoms with E-state index in [1.807, 2.05) is 18.2 Å². The van der Waals surface area contributed by atoms with Crippen LogP contribution in [-0.4, -0.2) is 25.4 Å². The molecule has 1 fully saturated rings. The van der Waals surface area contributed by atoms with Gasteiger partial charge in [0.25, 0.3) is 5.91 Å². The summed E-state index contributed by atoms with van der Waals surface area (Å²) in [6.07, 6.45) is 8.06. The predicted molar refractivity (Wildman–Crippen MR) is 95.5 cm³/mol. The van der Waals surface area contributed by atoms with E-state index in [0.717, 1.165) is 12.3 Å². The molecule has 1 aliphatic rings. The number of benzene rings is 1. The van der Waals surface area contributed by atoms with Crippen molar-refractivity contribution in [3.05, 3.63) is 35.4 Å². The molecule has 0 bridgehead atoms. The largest absolute Gasteiger partial charge is 0.355 e. The van der Waals surface area contributed by atoms with Gasteiger partial charge >= 0.3 is 0 Å². The summed E-state index contributed by atoms with van der Waals surface area (Å²) >= 11 is 0. The summed E-state index contributed by atoms with van der Waals surface area (Å²) in [4.78, 5) is 23.6. The highest BCUT2D eigenvalue weighted by Gasteiger charge is 2.14. The van der Waals surface area contributed by atoms with E-state index in [9.17, 15) is 9.59 Å². The third-order valence-electron chi connectivity index (χ3n) is 4.50. The SMILES string of the molecule is CNC(=O)c1ccccc1C#CCNC(=O)CCC1CCCCC1. The highest BCUT2D eigenvalue weighted by atomic mass is 16.2. The average Bonchev–Trinajstić information content (AvgIpc) is 2.64. The first-order valence-corrected chi connectivity index (χ1v) is 8.77. The van der Waals surface area contributed by atoms with Gasteiger partial charge in [-0.05, 0) is 24.5 Å². The van der Waals surface area contributed by atoms with Gasteiger partial charge in [0.2, 0.25) is 5.91 Å². The molecule has 24 heavy (non-hydrogen) atoms. The van der Waals surface area contributed by atoms with E-state index in [2.05, 4.69) is 22.5 Å². The molecule has 0 unspecified atom stereocenters. The second kappa shape index (κ2) is 9.77. The van der Waals surface area contributed by atoms with Crippen molar-refractivity contribution in [2.75, 3.05) is 13.6 Å². The van der Waals surface area contributed by atoms with Gasteiger partial charge in [-0.3, -0.25) is 9.59 Å². The molecule has 0 spiro atoms. The molecule has 0 saturated heterocycles. The van der Waals surface area contributed by atoms with E-state index >= 15 is 0 Å². The minimum atomic E-state index is -0.156. The van der Waals surface area contributed by atoms with Crippen LogP contribution in [0, 0.1) is 17.8 Å². The van der Waals surface area contributed by atoms with Crippen molar-refractivity contribution in [2.45, 2.75) is 44.9 Å². The average molecular weight is 326 g/mol. The maximum absolute atomic E-state index is 11.9. The van der Waals surface area contributed by atoms with Crippen LogP contribution >= 0.6 is 0 Å². The quantitative estimate of drug-likeness (QED) is 0.818. The third-order valence-corrected chi connectivity index (χ3v) is 4.50. The Bertz CT molecular complexity index is 622. The fourth-order valence-corrected chi connectivity index (χ4v) is 3.11. The first-order valence-electron chi connectivity index (χ1n) is 8.77. The van der Waals surface area contributed by atoms with E-state index in [1.54, 1.807) is 13.1 Å². The molecule has 4 heteroatoms. The number of rotatable bonds is 5. The third kappa shape index (κ3) is 5.73. The van der Waals surface area contributed by atoms with E-state index in [4.69, 9.17) is 0 Å². The number of carbonyl (C=O) groups excluding carboxylic acids is 2. The van der Waals surface area contributed by atoms with Crippen LogP contribution in [0.15, 0.2) is 24.3 Å². The summed E-state index contributed by atoms with van der Waals surface area (Å²) in [6, 6.07) is 7.20. The second-order valence-corrected chi connectivity index (χ2v) is 6.25. The van der Waals surface area contributed by atoms with Gasteiger partial charge in [-0.25, -0.2) is 0 Å². The Labute approximate surface area is 144 Å². The van der Waals surface area contributed by atoms with Crippen LogP contribution in [0.2, 0.25) is 0 Å². The van der Waals surface area contributed by atoms with Crippen molar-refractivity contribution in [2.24, 2.45) is 5.92 Å². The first-order chi connectivity index (χ1) is 11.7. The molecule has 2 rings (SSSR count). The van der Waals surface area contributed by atoms with E-state index in [1.165, 1.54) is 32.1 Å². The van der Waals surface area contributed by atoms with Gasteiger partial charge in [0, 0.05) is 19.0 Å². The molecule has 1 aromatic rings. The number of hydrogen-bond acceptors (Lipinski definition) is 2. The number of amides is 2. The fourth-order valence-electron chi connectivity index (χ4n) is 3.11. The van der Waals surface area contributed by atoms with Gasteiger partial charge < -0.3 is 10.6 Å². The van der Waals surface area contributed by atoms with Gasteiger partial charge in [-0.1, -0.05) is 56.1 Å². The topological polar surface area (TPSA) is 58.2 Å². The smallest absolute Gasteiger partial charge is 0.252 e. The van der Waals surface area contributed by atoms with Crippen LogP contribution in [0.1, 0.15) is 60.9 Å². The number of nitrogens with one attached hydrogen (secondary N) is 2. The monoisotopic (exact) mass is 326 g/mol. The highest BCUT2D eigenvalue weighted by molar-refractivity contribution is 5.96. The summed E-state index contributed by atoms with van der Waals surface area (Å²) in [5.41, 5.74) is 1.23. The first kappa shape index (κ1) is 18.1. The maximum atomic E-state index is 11.9. The molecule has 2 N–H and O–H groups in total. The Morgan fingerprint density at radius 2 is 1.92 bits per heavy atom. The zero-order chi connectivity index (χ0) is 17.2. The molecule has 0 atom stereocenters. The van der Waals surface area contributed by atoms with Crippen LogP contribution < -0.4 is 10.6 Å². The Hall–Kier alpha value is -2.28. The molecule has 0 heterocycles. The van der Waals surface area contributed by atoms with Gasteiger partial charge in [0.1, 0.15) is 0 Å². The lowest BCUT2D eigenvalue weighted by Gasteiger charge is -2.20. The molecule has 4 nitrogen and oxygen atoms in total. The lowest BCUT2D eigenvalue weighted by molar-refractivity contribution is -0.121. The molecular weight excluding hydrogens is 300 g/mol. The zero-order valence-corrected chi connectivity index (χ0v) is 14.4. The summed E-state index contributed by atoms with van der Waals surface area (Å²) in [6.45, 7) is 0.311. The van der Waals surface area contributed by atoms with Crippen molar-refractivity contribution < 1.29 is 9.59 Å². The molecule has 0 aromatic heterocycles. The number of carbonyl (C=O) groups is 2. The predicted octanol–water partition coefficient (Wildman–Crippen LogP) is 2.87. The molecule has 2 amide bonds. The molecule has 0 aliphatic heterocycles. The van der Waals surface area contributed by atoms with Gasteiger partial charge in [0.15, 0.2) is 0 Å². The van der Waals surface area contributed by atoms with Crippen LogP contribution in [0.4, 0.5) is 0 Å². The minimum absolute atomic E-state index is 0.0643. The Morgan fingerprint density at radius 3 is 2.67 bits per heavy atom. The standard InChI is InChI=1S/C20H26N2O2/c1-21-20(24)18-12-6-5-10-17(18)11-7-15-22-19(23)14-13-16-8-3-2-4-9-16/h5-6,10,12,16H,2-4,8-9,13-15H2,1H3,(H,21,24)(H,22,23). The molecule has 1 saturated carbocycles. The maximum Gasteiger partial charge on any atom is 0.252 e. The Balaban J connectivity index is 1.77. The van der Waals surface area contributed by atoms with Gasteiger partial charge in [-0.15, -0.1) is 0 Å². The van der Waals surface area contributed by atoms with E-state index in [0.29, 0.717) is 24.1 Å². The fraction of sp³-hybridized carbons (Fsp3) is 0.500. The summed E-state index contributed by atoms with van der Waals surface area (Å²) in [7, 11) is 1.60. The molecular formula is C20H26N2O2. The van der Waals surface area contributed by atoms with Crippen LogP contribution in [0.25, 0.3) is 0 Å². The highest BCUT2D eigenvalue weighted by Crippen LogP contribution is 2.27. The molecule has 1 aliphatic carbocycles. The van der Waals surface area contributed by atoms with E-state index in [-0.39, 0.29) is 11.8 Å². The normalized spacial score (nSPS) is 14.4. The van der Waals surface area contributed by atoms with Crippen LogP contribution in [-0.2, 0) is 4.79 Å². The molecule has 0 radical (unpaired) electrons. The zero-order valence-electron chi connectivity index (χ0n) is 14.4. The minimum Gasteiger partial charge on any atom is -0.355 e. The van der Waals surface area contributed by atoms with Crippen molar-refractivity contribution in [1.29, 1.82) is 0 Å². The van der Waals surface area contributed by atoms with Crippen LogP contribution in [0.3, 0.4) is 0 Å². The Morgan fingerprint density at radius 1 is 1.17 bits per heavy atom. The summed E-state index contributed by atoms with van der Waals surface area (Å²) < 4.78 is 0. The van der Waals surface area contributed by atoms with Crippen LogP contribution in [0.5, 0.6) is 0 Å². The second-order valence-electron chi connectivity index (χ2n) is 6.25. The summed E-state index contributed by atoms with van der Waals surface area (Å²) in [5, 5.41) is 5.44. The lowest BCUT2D eigenvalue weighted by Crippen LogP contribution is -2.24. The van der Waals surface area contributed by atoms with Crippen molar-refractivity contribution >= 4 is 11.8 Å². The van der Waals surface area contributed by atoms with Gasteiger partial charge in [0.05, 0.1) is 12.1 Å². The molecule has 128 valence electrons. The van der Waals surface area contributed by atoms with Gasteiger partial charge in [-0.2, -0.15) is 0 Å². The Kier molecular flexibility index (Phi) is 7.35. The van der Waals surface area contributed by atoms with E-state index < -0.39 is 0 Å². The molecule has 1 aromatic carbocycles. The van der Waals surface area contributed by atoms with Crippen molar-refractivity contribution in [3.63, 3.8) is 0 Å². The number of hydrogen-bond donors (Lipinski definition) is 2. The summed E-state index contributed by atoms with van der Waals surface area (Å²) in [5.74, 6) is 6.52. The lowest BCUT2D eigenvalue weighted by atomic mass is 9.86. The van der Waals surface area contributed by atoms with Crippen molar-refractivity contribution in [1.82, 2.24) is 10.6 Å². The van der Waals surface area contributed by atoms with Crippen molar-refractivity contribution in [3.8, 4) is 11.8 Å².